The maximum atomic E-state index is 13.0. The Morgan fingerprint density at radius 2 is 1.96 bits per heavy atom. The number of hydrogen-bond acceptors (Lipinski definition) is 5. The van der Waals surface area contributed by atoms with Crippen LogP contribution in [-0.4, -0.2) is 51.3 Å². The highest BCUT2D eigenvalue weighted by Gasteiger charge is 2.23. The molecule has 0 aliphatic carbocycles. The molecule has 0 radical (unpaired) electrons. The third kappa shape index (κ3) is 3.43. The van der Waals surface area contributed by atoms with Crippen molar-refractivity contribution < 1.29 is 4.79 Å². The molecule has 5 nitrogen and oxygen atoms in total. The standard InChI is InChI=1S/C20H19ClN4OS2/c21-18-7-6-14(27-18)12-23-8-3-9-24(11-10-23)19(26)15-13-25-16-4-1-2-5-17(16)28-20(25)22-15/h1-2,4-7,13H,3,8-12H2. The second-order valence-corrected chi connectivity index (χ2v) is 9.78. The molecule has 1 aliphatic rings. The fourth-order valence-corrected chi connectivity index (χ4v) is 5.84. The van der Waals surface area contributed by atoms with Crippen LogP contribution < -0.4 is 0 Å². The van der Waals surface area contributed by atoms with Crippen molar-refractivity contribution in [2.24, 2.45) is 0 Å². The first-order valence-corrected chi connectivity index (χ1v) is 11.3. The molecule has 28 heavy (non-hydrogen) atoms. The molecule has 1 aliphatic heterocycles. The molecule has 0 spiro atoms. The molecule has 144 valence electrons. The fourth-order valence-electron chi connectivity index (χ4n) is 3.70. The van der Waals surface area contributed by atoms with Crippen LogP contribution in [0.3, 0.4) is 0 Å². The predicted octanol–water partition coefficient (Wildman–Crippen LogP) is 4.61. The van der Waals surface area contributed by atoms with E-state index in [4.69, 9.17) is 11.6 Å². The van der Waals surface area contributed by atoms with Gasteiger partial charge in [0.1, 0.15) is 5.69 Å². The van der Waals surface area contributed by atoms with Crippen molar-refractivity contribution in [2.45, 2.75) is 13.0 Å². The van der Waals surface area contributed by atoms with Crippen LogP contribution in [0.1, 0.15) is 21.8 Å². The molecule has 4 aromatic rings. The molecule has 0 N–H and O–H groups in total. The number of fused-ring (bicyclic) bond motifs is 3. The highest BCUT2D eigenvalue weighted by Crippen LogP contribution is 2.27. The molecular formula is C20H19ClN4OS2. The van der Waals surface area contributed by atoms with Crippen molar-refractivity contribution >= 4 is 55.4 Å². The van der Waals surface area contributed by atoms with E-state index in [1.54, 1.807) is 22.7 Å². The number of benzene rings is 1. The molecule has 1 amide bonds. The van der Waals surface area contributed by atoms with Crippen LogP contribution in [0.15, 0.2) is 42.6 Å². The predicted molar refractivity (Wildman–Crippen MR) is 116 cm³/mol. The molecule has 0 atom stereocenters. The zero-order chi connectivity index (χ0) is 19.1. The van der Waals surface area contributed by atoms with Gasteiger partial charge in [0, 0.05) is 43.8 Å². The maximum Gasteiger partial charge on any atom is 0.274 e. The van der Waals surface area contributed by atoms with Gasteiger partial charge < -0.3 is 4.90 Å². The highest BCUT2D eigenvalue weighted by molar-refractivity contribution is 7.23. The minimum Gasteiger partial charge on any atom is -0.336 e. The summed E-state index contributed by atoms with van der Waals surface area (Å²) >= 11 is 9.29. The number of thiophene rings is 1. The Kier molecular flexibility index (Phi) is 4.84. The second kappa shape index (κ2) is 7.48. The second-order valence-electron chi connectivity index (χ2n) is 6.98. The van der Waals surface area contributed by atoms with Crippen molar-refractivity contribution in [3.63, 3.8) is 0 Å². The summed E-state index contributed by atoms with van der Waals surface area (Å²) in [4.78, 5) is 24.1. The number of nitrogens with zero attached hydrogens (tertiary/aromatic N) is 4. The lowest BCUT2D eigenvalue weighted by Gasteiger charge is -2.21. The van der Waals surface area contributed by atoms with Crippen molar-refractivity contribution in [1.29, 1.82) is 0 Å². The number of rotatable bonds is 3. The summed E-state index contributed by atoms with van der Waals surface area (Å²) in [5.41, 5.74) is 1.64. The maximum absolute atomic E-state index is 13.0. The molecule has 0 saturated carbocycles. The molecule has 0 bridgehead atoms. The van der Waals surface area contributed by atoms with Gasteiger partial charge in [-0.05, 0) is 30.7 Å². The van der Waals surface area contributed by atoms with Gasteiger partial charge >= 0.3 is 0 Å². The molecular weight excluding hydrogens is 412 g/mol. The SMILES string of the molecule is O=C(c1cn2c(n1)sc1ccccc12)N1CCCN(Cc2ccc(Cl)s2)CC1. The van der Waals surface area contributed by atoms with E-state index in [1.807, 2.05) is 33.7 Å². The van der Waals surface area contributed by atoms with E-state index in [-0.39, 0.29) is 5.91 Å². The quantitative estimate of drug-likeness (QED) is 0.476. The number of carbonyl (C=O) groups excluding carboxylic acids is 1. The third-order valence-corrected chi connectivity index (χ3v) is 7.35. The number of aromatic nitrogens is 2. The van der Waals surface area contributed by atoms with E-state index in [0.29, 0.717) is 5.69 Å². The van der Waals surface area contributed by atoms with E-state index < -0.39 is 0 Å². The summed E-state index contributed by atoms with van der Waals surface area (Å²) in [6.07, 6.45) is 2.85. The molecule has 8 heteroatoms. The van der Waals surface area contributed by atoms with E-state index in [1.165, 1.54) is 9.58 Å². The molecule has 3 aromatic heterocycles. The van der Waals surface area contributed by atoms with E-state index >= 15 is 0 Å². The lowest BCUT2D eigenvalue weighted by Crippen LogP contribution is -2.35. The largest absolute Gasteiger partial charge is 0.336 e. The van der Waals surface area contributed by atoms with Crippen LogP contribution in [0.25, 0.3) is 15.2 Å². The average Bonchev–Trinajstić information content (AvgIpc) is 3.32. The Labute approximate surface area is 175 Å². The number of carbonyl (C=O) groups is 1. The third-order valence-electron chi connectivity index (χ3n) is 5.10. The Bertz CT molecular complexity index is 1150. The van der Waals surface area contributed by atoms with Crippen molar-refractivity contribution in [2.75, 3.05) is 26.2 Å². The summed E-state index contributed by atoms with van der Waals surface area (Å²) in [6, 6.07) is 12.2. The zero-order valence-electron chi connectivity index (χ0n) is 15.2. The molecule has 1 aromatic carbocycles. The van der Waals surface area contributed by atoms with E-state index in [0.717, 1.165) is 54.0 Å². The zero-order valence-corrected chi connectivity index (χ0v) is 17.6. The van der Waals surface area contributed by atoms with Gasteiger partial charge in [-0.15, -0.1) is 11.3 Å². The number of imidazole rings is 1. The van der Waals surface area contributed by atoms with Gasteiger partial charge in [-0.25, -0.2) is 4.98 Å². The minimum atomic E-state index is 0.0287. The first-order valence-electron chi connectivity index (χ1n) is 9.30. The van der Waals surface area contributed by atoms with Crippen LogP contribution in [0.2, 0.25) is 4.34 Å². The number of thiazole rings is 1. The number of amides is 1. The summed E-state index contributed by atoms with van der Waals surface area (Å²) in [5.74, 6) is 0.0287. The Morgan fingerprint density at radius 1 is 1.07 bits per heavy atom. The van der Waals surface area contributed by atoms with Crippen LogP contribution in [0, 0.1) is 0 Å². The molecule has 1 saturated heterocycles. The number of para-hydroxylation sites is 1. The van der Waals surface area contributed by atoms with E-state index in [9.17, 15) is 4.79 Å². The summed E-state index contributed by atoms with van der Waals surface area (Å²) in [6.45, 7) is 4.25. The van der Waals surface area contributed by atoms with Gasteiger partial charge in [-0.1, -0.05) is 35.1 Å². The molecule has 1 fully saturated rings. The van der Waals surface area contributed by atoms with Crippen molar-refractivity contribution in [1.82, 2.24) is 19.2 Å². The number of halogens is 1. The smallest absolute Gasteiger partial charge is 0.274 e. The normalized spacial score (nSPS) is 16.1. The molecule has 5 rings (SSSR count). The van der Waals surface area contributed by atoms with Gasteiger partial charge in [0.15, 0.2) is 4.96 Å². The monoisotopic (exact) mass is 430 g/mol. The molecule has 0 unspecified atom stereocenters. The van der Waals surface area contributed by atoms with Crippen LogP contribution in [0.4, 0.5) is 0 Å². The van der Waals surface area contributed by atoms with Crippen molar-refractivity contribution in [3.05, 3.63) is 57.5 Å². The number of hydrogen-bond donors (Lipinski definition) is 0. The Balaban J connectivity index is 1.30. The topological polar surface area (TPSA) is 40.9 Å². The van der Waals surface area contributed by atoms with E-state index in [2.05, 4.69) is 28.1 Å². The lowest BCUT2D eigenvalue weighted by atomic mass is 10.3. The average molecular weight is 431 g/mol. The van der Waals surface area contributed by atoms with Crippen LogP contribution in [-0.2, 0) is 6.54 Å². The Hall–Kier alpha value is -1.93. The van der Waals surface area contributed by atoms with Gasteiger partial charge in [0.25, 0.3) is 5.91 Å². The van der Waals surface area contributed by atoms with Gasteiger partial charge in [0.05, 0.1) is 14.6 Å². The van der Waals surface area contributed by atoms with Gasteiger partial charge in [0.2, 0.25) is 0 Å². The summed E-state index contributed by atoms with van der Waals surface area (Å²) in [7, 11) is 0. The first kappa shape index (κ1) is 18.1. The summed E-state index contributed by atoms with van der Waals surface area (Å²) in [5, 5.41) is 0. The van der Waals surface area contributed by atoms with Crippen molar-refractivity contribution in [3.8, 4) is 0 Å². The Morgan fingerprint density at radius 3 is 2.82 bits per heavy atom. The fraction of sp³-hybridized carbons (Fsp3) is 0.300. The summed E-state index contributed by atoms with van der Waals surface area (Å²) < 4.78 is 4.04. The molecule has 4 heterocycles. The highest BCUT2D eigenvalue weighted by atomic mass is 35.5. The van der Waals surface area contributed by atoms with Gasteiger partial charge in [-0.2, -0.15) is 0 Å². The lowest BCUT2D eigenvalue weighted by molar-refractivity contribution is 0.0756. The first-order chi connectivity index (χ1) is 13.7. The van der Waals surface area contributed by atoms with Crippen LogP contribution in [0.5, 0.6) is 0 Å². The van der Waals surface area contributed by atoms with Crippen LogP contribution >= 0.6 is 34.3 Å². The minimum absolute atomic E-state index is 0.0287. The van der Waals surface area contributed by atoms with Gasteiger partial charge in [-0.3, -0.25) is 14.1 Å².